The molecule has 2 aromatic rings. The van der Waals surface area contributed by atoms with Crippen molar-refractivity contribution in [3.8, 4) is 0 Å². The van der Waals surface area contributed by atoms with Crippen molar-refractivity contribution in [3.05, 3.63) is 56.7 Å². The molecule has 0 spiro atoms. The predicted molar refractivity (Wildman–Crippen MR) is 87.8 cm³/mol. The van der Waals surface area contributed by atoms with Gasteiger partial charge in [-0.25, -0.2) is 0 Å². The Hall–Kier alpha value is -0.120. The van der Waals surface area contributed by atoms with Crippen LogP contribution < -0.4 is 0 Å². The van der Waals surface area contributed by atoms with E-state index in [0.29, 0.717) is 5.92 Å². The lowest BCUT2D eigenvalue weighted by atomic mass is 9.96. The fraction of sp³-hybridized carbons (Fsp3) is 0.333. The van der Waals surface area contributed by atoms with E-state index in [2.05, 4.69) is 73.6 Å². The van der Waals surface area contributed by atoms with Gasteiger partial charge in [-0.3, -0.25) is 0 Å². The minimum Gasteiger partial charge on any atom is -0.149 e. The molecule has 0 radical (unpaired) electrons. The molecule has 2 rings (SSSR count). The fourth-order valence-electron chi connectivity index (χ4n) is 1.99. The number of benzene rings is 1. The number of aryl methyl sites for hydroxylation is 1. The Labute approximate surface area is 130 Å². The highest BCUT2D eigenvalue weighted by Gasteiger charge is 2.09. The van der Waals surface area contributed by atoms with E-state index < -0.39 is 0 Å². The highest BCUT2D eigenvalue weighted by atomic mass is 79.9. The third-order valence-corrected chi connectivity index (χ3v) is 5.42. The highest BCUT2D eigenvalue weighted by Crippen LogP contribution is 2.21. The number of alkyl halides is 1. The normalized spacial score (nSPS) is 12.6. The molecule has 0 fully saturated rings. The Morgan fingerprint density at radius 2 is 1.89 bits per heavy atom. The van der Waals surface area contributed by atoms with Crippen LogP contribution in [0.2, 0.25) is 0 Å². The molecule has 1 unspecified atom stereocenters. The molecule has 18 heavy (non-hydrogen) atoms. The Kier molecular flexibility index (Phi) is 5.93. The summed E-state index contributed by atoms with van der Waals surface area (Å²) < 4.78 is 1.15. The largest absolute Gasteiger partial charge is 0.149 e. The molecule has 96 valence electrons. The Bertz CT molecular complexity index is 448. The fourth-order valence-corrected chi connectivity index (χ4v) is 3.53. The second-order valence-corrected chi connectivity index (χ2v) is 7.06. The van der Waals surface area contributed by atoms with E-state index in [0.717, 1.165) is 16.2 Å². The third-order valence-electron chi connectivity index (χ3n) is 3.03. The average molecular weight is 388 g/mol. The summed E-state index contributed by atoms with van der Waals surface area (Å²) in [6.45, 7) is 0. The van der Waals surface area contributed by atoms with Crippen LogP contribution in [0.15, 0.2) is 46.3 Å². The lowest BCUT2D eigenvalue weighted by Gasteiger charge is -2.13. The Morgan fingerprint density at radius 1 is 1.11 bits per heavy atom. The van der Waals surface area contributed by atoms with E-state index in [1.165, 1.54) is 23.3 Å². The first kappa shape index (κ1) is 14.3. The quantitative estimate of drug-likeness (QED) is 0.558. The second-order valence-electron chi connectivity index (χ2n) is 4.47. The van der Waals surface area contributed by atoms with Gasteiger partial charge in [-0.1, -0.05) is 50.1 Å². The van der Waals surface area contributed by atoms with Gasteiger partial charge in [-0.15, -0.1) is 11.3 Å². The van der Waals surface area contributed by atoms with Gasteiger partial charge in [0.1, 0.15) is 0 Å². The van der Waals surface area contributed by atoms with Crippen LogP contribution in [0.4, 0.5) is 0 Å². The van der Waals surface area contributed by atoms with Crippen LogP contribution in [0, 0.1) is 5.92 Å². The van der Waals surface area contributed by atoms with Crippen LogP contribution in [0.3, 0.4) is 0 Å². The predicted octanol–water partition coefficient (Wildman–Crippen LogP) is 5.70. The first-order valence-electron chi connectivity index (χ1n) is 6.10. The smallest absolute Gasteiger partial charge is 0.0175 e. The minimum absolute atomic E-state index is 0.716. The van der Waals surface area contributed by atoms with E-state index in [1.807, 2.05) is 11.3 Å². The summed E-state index contributed by atoms with van der Waals surface area (Å²) in [4.78, 5) is 1.50. The van der Waals surface area contributed by atoms with Gasteiger partial charge in [0.05, 0.1) is 0 Å². The molecule has 0 aliphatic carbocycles. The van der Waals surface area contributed by atoms with E-state index in [4.69, 9.17) is 0 Å². The summed E-state index contributed by atoms with van der Waals surface area (Å²) in [5.74, 6) is 0.716. The molecule has 0 saturated carbocycles. The van der Waals surface area contributed by atoms with Crippen molar-refractivity contribution in [1.29, 1.82) is 0 Å². The number of hydrogen-bond acceptors (Lipinski definition) is 1. The molecule has 1 atom stereocenters. The molecule has 0 saturated heterocycles. The molecule has 1 heterocycles. The zero-order valence-electron chi connectivity index (χ0n) is 10.1. The SMILES string of the molecule is BrCC(CCc1cccs1)Cc1ccc(Br)cc1. The molecule has 0 N–H and O–H groups in total. The van der Waals surface area contributed by atoms with Gasteiger partial charge >= 0.3 is 0 Å². The van der Waals surface area contributed by atoms with Crippen LogP contribution in [0.1, 0.15) is 16.9 Å². The van der Waals surface area contributed by atoms with Crippen molar-refractivity contribution >= 4 is 43.2 Å². The first-order valence-corrected chi connectivity index (χ1v) is 8.90. The summed E-state index contributed by atoms with van der Waals surface area (Å²) >= 11 is 8.99. The summed E-state index contributed by atoms with van der Waals surface area (Å²) in [7, 11) is 0. The summed E-state index contributed by atoms with van der Waals surface area (Å²) in [5.41, 5.74) is 1.42. The maximum Gasteiger partial charge on any atom is 0.0175 e. The molecule has 0 aliphatic heterocycles. The maximum atomic E-state index is 3.65. The average Bonchev–Trinajstić information content (AvgIpc) is 2.90. The topological polar surface area (TPSA) is 0 Å². The van der Waals surface area contributed by atoms with E-state index in [1.54, 1.807) is 0 Å². The van der Waals surface area contributed by atoms with Crippen LogP contribution in [-0.4, -0.2) is 5.33 Å². The molecule has 0 bridgehead atoms. The zero-order valence-corrected chi connectivity index (χ0v) is 14.1. The van der Waals surface area contributed by atoms with Crippen LogP contribution in [0.5, 0.6) is 0 Å². The van der Waals surface area contributed by atoms with E-state index >= 15 is 0 Å². The summed E-state index contributed by atoms with van der Waals surface area (Å²) in [6.07, 6.45) is 3.61. The van der Waals surface area contributed by atoms with Gasteiger partial charge in [0, 0.05) is 14.7 Å². The van der Waals surface area contributed by atoms with Crippen molar-refractivity contribution in [2.24, 2.45) is 5.92 Å². The van der Waals surface area contributed by atoms with Crippen molar-refractivity contribution in [1.82, 2.24) is 0 Å². The van der Waals surface area contributed by atoms with Crippen molar-refractivity contribution in [2.75, 3.05) is 5.33 Å². The lowest BCUT2D eigenvalue weighted by molar-refractivity contribution is 0.545. The Morgan fingerprint density at radius 3 is 2.50 bits per heavy atom. The molecule has 0 aliphatic rings. The number of rotatable bonds is 6. The van der Waals surface area contributed by atoms with Crippen LogP contribution >= 0.6 is 43.2 Å². The van der Waals surface area contributed by atoms with Crippen LogP contribution in [0.25, 0.3) is 0 Å². The summed E-state index contributed by atoms with van der Waals surface area (Å²) in [6, 6.07) is 13.0. The third kappa shape index (κ3) is 4.52. The monoisotopic (exact) mass is 386 g/mol. The highest BCUT2D eigenvalue weighted by molar-refractivity contribution is 9.10. The minimum atomic E-state index is 0.716. The number of halogens is 2. The standard InChI is InChI=1S/C15H16Br2S/c16-11-13(5-8-15-2-1-9-18-15)10-12-3-6-14(17)7-4-12/h1-4,6-7,9,13H,5,8,10-11H2. The van der Waals surface area contributed by atoms with Gasteiger partial charge in [0.25, 0.3) is 0 Å². The molecule has 3 heteroatoms. The molecular formula is C15H16Br2S. The summed E-state index contributed by atoms with van der Waals surface area (Å²) in [5, 5.41) is 3.24. The van der Waals surface area contributed by atoms with Gasteiger partial charge < -0.3 is 0 Å². The second kappa shape index (κ2) is 7.46. The number of hydrogen-bond donors (Lipinski definition) is 0. The van der Waals surface area contributed by atoms with Crippen LogP contribution in [-0.2, 0) is 12.8 Å². The maximum absolute atomic E-state index is 3.65. The molecule has 0 nitrogen and oxygen atoms in total. The zero-order chi connectivity index (χ0) is 12.8. The molecule has 1 aromatic heterocycles. The van der Waals surface area contributed by atoms with E-state index in [9.17, 15) is 0 Å². The molecular weight excluding hydrogens is 372 g/mol. The van der Waals surface area contributed by atoms with Crippen molar-refractivity contribution in [3.63, 3.8) is 0 Å². The lowest BCUT2D eigenvalue weighted by Crippen LogP contribution is -2.07. The van der Waals surface area contributed by atoms with Gasteiger partial charge in [-0.2, -0.15) is 0 Å². The van der Waals surface area contributed by atoms with Crippen molar-refractivity contribution in [2.45, 2.75) is 19.3 Å². The van der Waals surface area contributed by atoms with Gasteiger partial charge in [0.2, 0.25) is 0 Å². The first-order chi connectivity index (χ1) is 8.78. The van der Waals surface area contributed by atoms with Crippen molar-refractivity contribution < 1.29 is 0 Å². The number of thiophene rings is 1. The Balaban J connectivity index is 1.87. The van der Waals surface area contributed by atoms with E-state index in [-0.39, 0.29) is 0 Å². The molecule has 0 amide bonds. The van der Waals surface area contributed by atoms with Gasteiger partial charge in [0.15, 0.2) is 0 Å². The van der Waals surface area contributed by atoms with Gasteiger partial charge in [-0.05, 0) is 54.3 Å². The molecule has 1 aromatic carbocycles.